The van der Waals surface area contributed by atoms with E-state index in [-0.39, 0.29) is 6.61 Å². The molecule has 0 saturated carbocycles. The maximum absolute atomic E-state index is 12.2. The third-order valence-electron chi connectivity index (χ3n) is 4.58. The third kappa shape index (κ3) is 6.21. The van der Waals surface area contributed by atoms with Crippen LogP contribution in [-0.4, -0.2) is 24.5 Å². The number of carbonyl (C=O) groups excluding carboxylic acids is 2. The fraction of sp³-hybridized carbons (Fsp3) is 0.217. The minimum atomic E-state index is -0.775. The molecule has 0 spiro atoms. The third-order valence-corrected chi connectivity index (χ3v) is 5.89. The number of rotatable bonds is 7. The molecule has 0 heterocycles. The highest BCUT2D eigenvalue weighted by molar-refractivity contribution is 9.11. The highest BCUT2D eigenvalue weighted by atomic mass is 79.9. The van der Waals surface area contributed by atoms with Gasteiger partial charge >= 0.3 is 0 Å². The average Bonchev–Trinajstić information content (AvgIpc) is 2.77. The van der Waals surface area contributed by atoms with E-state index < -0.39 is 17.9 Å². The van der Waals surface area contributed by atoms with Crippen molar-refractivity contribution in [3.8, 4) is 11.5 Å². The Hall–Kier alpha value is -2.58. The van der Waals surface area contributed by atoms with Gasteiger partial charge in [0.15, 0.2) is 12.7 Å². The molecule has 1 atom stereocenters. The van der Waals surface area contributed by atoms with E-state index in [9.17, 15) is 9.59 Å². The molecular formula is C23H22Br2N2O4. The maximum atomic E-state index is 12.2. The molecule has 162 valence electrons. The molecule has 0 radical (unpaired) electrons. The van der Waals surface area contributed by atoms with E-state index in [2.05, 4.69) is 49.6 Å². The lowest BCUT2D eigenvalue weighted by molar-refractivity contribution is -0.133. The van der Waals surface area contributed by atoms with Gasteiger partial charge in [0, 0.05) is 4.47 Å². The number of hydrogen-bond donors (Lipinski definition) is 2. The van der Waals surface area contributed by atoms with Crippen LogP contribution in [-0.2, 0) is 16.0 Å². The number of hydrogen-bond acceptors (Lipinski definition) is 4. The summed E-state index contributed by atoms with van der Waals surface area (Å²) in [5.41, 5.74) is 5.87. The van der Waals surface area contributed by atoms with Crippen molar-refractivity contribution in [2.75, 3.05) is 6.61 Å². The topological polar surface area (TPSA) is 76.7 Å². The minimum Gasteiger partial charge on any atom is -0.483 e. The van der Waals surface area contributed by atoms with Gasteiger partial charge in [0.05, 0.1) is 4.47 Å². The summed E-state index contributed by atoms with van der Waals surface area (Å²) in [6.07, 6.45) is 0.153. The first kappa shape index (κ1) is 23.1. The standard InChI is InChI=1S/C23H22Br2N2O4/c1-3-15-4-8-18(9-5-15)31-14(2)23(29)27-26-21(28)13-30-20-11-6-16-12-17(24)7-10-19(16)22(20)25/h4-12,14H,3,13H2,1-2H3,(H,26,28)(H,27,29). The second kappa shape index (κ2) is 10.6. The Morgan fingerprint density at radius 1 is 1.00 bits per heavy atom. The molecule has 0 saturated heterocycles. The van der Waals surface area contributed by atoms with Crippen LogP contribution in [0.15, 0.2) is 63.5 Å². The molecule has 0 aliphatic heterocycles. The van der Waals surface area contributed by atoms with E-state index in [4.69, 9.17) is 9.47 Å². The highest BCUT2D eigenvalue weighted by Gasteiger charge is 2.16. The van der Waals surface area contributed by atoms with E-state index in [1.165, 1.54) is 5.56 Å². The van der Waals surface area contributed by atoms with E-state index in [1.807, 2.05) is 48.5 Å². The molecule has 0 aliphatic carbocycles. The monoisotopic (exact) mass is 548 g/mol. The first-order chi connectivity index (χ1) is 14.9. The summed E-state index contributed by atoms with van der Waals surface area (Å²) in [6.45, 7) is 3.42. The summed E-state index contributed by atoms with van der Waals surface area (Å²) in [4.78, 5) is 24.3. The molecule has 8 heteroatoms. The van der Waals surface area contributed by atoms with E-state index >= 15 is 0 Å². The zero-order chi connectivity index (χ0) is 22.4. The minimum absolute atomic E-state index is 0.255. The Morgan fingerprint density at radius 3 is 2.45 bits per heavy atom. The lowest BCUT2D eigenvalue weighted by Crippen LogP contribution is -2.48. The quantitative estimate of drug-likeness (QED) is 0.410. The number of benzene rings is 3. The summed E-state index contributed by atoms with van der Waals surface area (Å²) < 4.78 is 12.9. The molecule has 3 aromatic rings. The zero-order valence-corrected chi connectivity index (χ0v) is 20.2. The van der Waals surface area contributed by atoms with Crippen molar-refractivity contribution in [1.82, 2.24) is 10.9 Å². The second-order valence-corrected chi connectivity index (χ2v) is 8.54. The number of amides is 2. The molecule has 2 amide bonds. The lowest BCUT2D eigenvalue weighted by atomic mass is 10.1. The summed E-state index contributed by atoms with van der Waals surface area (Å²) in [6, 6.07) is 17.1. The van der Waals surface area contributed by atoms with Crippen LogP contribution in [0.1, 0.15) is 19.4 Å². The van der Waals surface area contributed by atoms with Crippen LogP contribution in [0.4, 0.5) is 0 Å². The molecule has 0 fully saturated rings. The fourth-order valence-electron chi connectivity index (χ4n) is 2.83. The summed E-state index contributed by atoms with van der Waals surface area (Å²) >= 11 is 6.97. The Balaban J connectivity index is 1.48. The maximum Gasteiger partial charge on any atom is 0.279 e. The number of carbonyl (C=O) groups is 2. The van der Waals surface area contributed by atoms with Gasteiger partial charge in [0.1, 0.15) is 11.5 Å². The van der Waals surface area contributed by atoms with Crippen molar-refractivity contribution in [2.45, 2.75) is 26.4 Å². The van der Waals surface area contributed by atoms with Crippen molar-refractivity contribution >= 4 is 54.4 Å². The van der Waals surface area contributed by atoms with Gasteiger partial charge in [-0.2, -0.15) is 0 Å². The highest BCUT2D eigenvalue weighted by Crippen LogP contribution is 2.34. The Kier molecular flexibility index (Phi) is 7.92. The Morgan fingerprint density at radius 2 is 1.74 bits per heavy atom. The van der Waals surface area contributed by atoms with Gasteiger partial charge in [-0.25, -0.2) is 0 Å². The number of nitrogens with one attached hydrogen (secondary N) is 2. The normalized spacial score (nSPS) is 11.6. The van der Waals surface area contributed by atoms with Crippen molar-refractivity contribution in [1.29, 1.82) is 0 Å². The van der Waals surface area contributed by atoms with E-state index in [0.717, 1.165) is 26.1 Å². The van der Waals surface area contributed by atoms with Gasteiger partial charge in [-0.15, -0.1) is 0 Å². The molecular weight excluding hydrogens is 528 g/mol. The molecule has 0 aliphatic rings. The first-order valence-electron chi connectivity index (χ1n) is 9.72. The van der Waals surface area contributed by atoms with Crippen LogP contribution in [0.25, 0.3) is 10.8 Å². The van der Waals surface area contributed by atoms with E-state index in [1.54, 1.807) is 13.0 Å². The van der Waals surface area contributed by atoms with Crippen molar-refractivity contribution in [3.63, 3.8) is 0 Å². The molecule has 31 heavy (non-hydrogen) atoms. The van der Waals surface area contributed by atoms with E-state index in [0.29, 0.717) is 11.5 Å². The van der Waals surface area contributed by atoms with Gasteiger partial charge in [-0.1, -0.05) is 47.1 Å². The van der Waals surface area contributed by atoms with Gasteiger partial charge < -0.3 is 9.47 Å². The largest absolute Gasteiger partial charge is 0.483 e. The SMILES string of the molecule is CCc1ccc(OC(C)C(=O)NNC(=O)COc2ccc3cc(Br)ccc3c2Br)cc1. The van der Waals surface area contributed by atoms with Crippen LogP contribution in [0.5, 0.6) is 11.5 Å². The van der Waals surface area contributed by atoms with Crippen molar-refractivity contribution in [3.05, 3.63) is 69.1 Å². The van der Waals surface area contributed by atoms with Gasteiger partial charge in [-0.05, 0) is 75.9 Å². The Labute approximate surface area is 197 Å². The second-order valence-electron chi connectivity index (χ2n) is 6.83. The van der Waals surface area contributed by atoms with Crippen molar-refractivity contribution < 1.29 is 19.1 Å². The predicted octanol–water partition coefficient (Wildman–Crippen LogP) is 4.92. The lowest BCUT2D eigenvalue weighted by Gasteiger charge is -2.16. The molecule has 3 rings (SSSR count). The smallest absolute Gasteiger partial charge is 0.279 e. The number of halogens is 2. The van der Waals surface area contributed by atoms with Crippen LogP contribution in [0.3, 0.4) is 0 Å². The van der Waals surface area contributed by atoms with Crippen LogP contribution < -0.4 is 20.3 Å². The van der Waals surface area contributed by atoms with Gasteiger partial charge in [0.25, 0.3) is 11.8 Å². The molecule has 1 unspecified atom stereocenters. The fourth-order valence-corrected chi connectivity index (χ4v) is 3.81. The Bertz CT molecular complexity index is 1090. The zero-order valence-electron chi connectivity index (χ0n) is 17.1. The summed E-state index contributed by atoms with van der Waals surface area (Å²) in [7, 11) is 0. The number of hydrazine groups is 1. The van der Waals surface area contributed by atoms with Crippen LogP contribution in [0, 0.1) is 0 Å². The molecule has 3 aromatic carbocycles. The summed E-state index contributed by atoms with van der Waals surface area (Å²) in [5, 5.41) is 2.00. The summed E-state index contributed by atoms with van der Waals surface area (Å²) in [5.74, 6) is 0.159. The predicted molar refractivity (Wildman–Crippen MR) is 127 cm³/mol. The van der Waals surface area contributed by atoms with Gasteiger partial charge in [0.2, 0.25) is 0 Å². The number of ether oxygens (including phenoxy) is 2. The molecule has 0 aromatic heterocycles. The molecule has 6 nitrogen and oxygen atoms in total. The first-order valence-corrected chi connectivity index (χ1v) is 11.3. The number of fused-ring (bicyclic) bond motifs is 1. The average molecular weight is 550 g/mol. The number of aryl methyl sites for hydroxylation is 1. The van der Waals surface area contributed by atoms with Gasteiger partial charge in [-0.3, -0.25) is 20.4 Å². The van der Waals surface area contributed by atoms with Crippen LogP contribution >= 0.6 is 31.9 Å². The molecule has 0 bridgehead atoms. The molecule has 2 N–H and O–H groups in total. The van der Waals surface area contributed by atoms with Crippen LogP contribution in [0.2, 0.25) is 0 Å². The van der Waals surface area contributed by atoms with Crippen molar-refractivity contribution in [2.24, 2.45) is 0 Å².